The lowest BCUT2D eigenvalue weighted by atomic mass is 9.97. The van der Waals surface area contributed by atoms with E-state index in [1.807, 2.05) is 0 Å². The Bertz CT molecular complexity index is 3580. The number of hydrogen-bond donors (Lipinski definition) is 17. The second kappa shape index (κ2) is 44.3. The van der Waals surface area contributed by atoms with Gasteiger partial charge in [0.05, 0.1) is 19.6 Å². The van der Waals surface area contributed by atoms with Gasteiger partial charge in [-0.2, -0.15) is 0 Å². The van der Waals surface area contributed by atoms with Crippen LogP contribution in [0.5, 0.6) is 0 Å². The molecule has 5 aliphatic rings. The van der Waals surface area contributed by atoms with E-state index >= 15 is 24.0 Å². The molecule has 0 spiro atoms. The molecule has 5 aliphatic heterocycles. The van der Waals surface area contributed by atoms with Crippen molar-refractivity contribution in [2.75, 3.05) is 63.9 Å². The minimum atomic E-state index is -1.84. The number of fused-ring (bicyclic) bond motifs is 8. The maximum Gasteiger partial charge on any atom is 0.305 e. The molecule has 7 rings (SSSR count). The molecule has 2 aromatic rings. The van der Waals surface area contributed by atoms with E-state index in [-0.39, 0.29) is 128 Å². The number of nitrogens with one attached hydrogen (secondary N) is 11. The minimum Gasteiger partial charge on any atom is -0.481 e. The number of aliphatic hydroxyl groups is 1. The third-order valence-corrected chi connectivity index (χ3v) is 22.3. The number of nitrogens with two attached hydrogens (primary N) is 4. The van der Waals surface area contributed by atoms with E-state index in [0.29, 0.717) is 43.2 Å². The molecule has 0 radical (unpaired) electrons. The number of nitrogens with zero attached hydrogens (tertiary/aromatic N) is 4. The van der Waals surface area contributed by atoms with Gasteiger partial charge in [-0.25, -0.2) is 0 Å². The van der Waals surface area contributed by atoms with Crippen LogP contribution >= 0.6 is 21.6 Å². The molecule has 21 N–H and O–H groups in total. The van der Waals surface area contributed by atoms with Gasteiger partial charge in [0.2, 0.25) is 82.7 Å². The third-order valence-electron chi connectivity index (χ3n) is 19.9. The number of guanidine groups is 1. The smallest absolute Gasteiger partial charge is 0.305 e. The number of benzene rings is 2. The maximum absolute atomic E-state index is 15.4. The SMILES string of the molecule is CC[C@H](C)[C@@H]1NC(=O)[C@@H]2CCCN2C(=O)[C@@H]2CCCN2C(=O)[C@H](CCCCN)NC(=O)[C@H](CO)NC(=O)[C@H](CCCCN)NC(=O)[C@H](Cc2ccccc2)NC(=O)[C@@H]2CSSC[C@H](NC1=O)C(=O)N[C@@H](Cc1ccccc1)C(=O)N1CCC[C@H]1C(=O)N[C@@H](CC(=O)O)C(=O)NCC(=O)N[C@@H](CCCN=C(N)N)C(=O)N2. The van der Waals surface area contributed by atoms with E-state index in [4.69, 9.17) is 22.9 Å². The zero-order valence-electron chi connectivity index (χ0n) is 62.1. The number of carboxylic acids is 1. The summed E-state index contributed by atoms with van der Waals surface area (Å²) in [5.74, 6) is -16.0. The second-order valence-electron chi connectivity index (χ2n) is 28.0. The molecule has 14 atom stereocenters. The molecule has 0 aliphatic carbocycles. The van der Waals surface area contributed by atoms with Gasteiger partial charge in [-0.05, 0) is 120 Å². The average Bonchev–Trinajstić information content (AvgIpc) is 1.64. The van der Waals surface area contributed by atoms with Crippen LogP contribution in [0.4, 0.5) is 0 Å². The first-order valence-corrected chi connectivity index (χ1v) is 40.1. The van der Waals surface area contributed by atoms with Crippen molar-refractivity contribution in [1.29, 1.82) is 0 Å². The first kappa shape index (κ1) is 87.6. The Morgan fingerprint density at radius 2 is 0.927 bits per heavy atom. The Kier molecular flexibility index (Phi) is 35.2. The van der Waals surface area contributed by atoms with E-state index in [1.54, 1.807) is 74.5 Å². The summed E-state index contributed by atoms with van der Waals surface area (Å²) in [7, 11) is 1.80. The predicted molar refractivity (Wildman–Crippen MR) is 406 cm³/mol. The van der Waals surface area contributed by atoms with Gasteiger partial charge in [0.25, 0.3) is 0 Å². The molecule has 5 fully saturated rings. The van der Waals surface area contributed by atoms with Crippen LogP contribution in [0, 0.1) is 5.92 Å². The van der Waals surface area contributed by atoms with Crippen molar-refractivity contribution in [2.24, 2.45) is 33.8 Å². The van der Waals surface area contributed by atoms with E-state index in [0.717, 1.165) is 21.6 Å². The molecule has 0 unspecified atom stereocenters. The number of rotatable bonds is 21. The molecule has 36 nitrogen and oxygen atoms in total. The molecule has 604 valence electrons. The third kappa shape index (κ3) is 26.0. The minimum absolute atomic E-state index is 0.0107. The van der Waals surface area contributed by atoms with Crippen molar-refractivity contribution in [3.63, 3.8) is 0 Å². The Morgan fingerprint density at radius 3 is 1.48 bits per heavy atom. The number of carbonyl (C=O) groups excluding carboxylic acids is 14. The molecule has 0 saturated carbocycles. The fourth-order valence-electron chi connectivity index (χ4n) is 13.7. The van der Waals surface area contributed by atoms with Crippen LogP contribution in [0.2, 0.25) is 0 Å². The molecule has 38 heteroatoms. The maximum atomic E-state index is 15.4. The lowest BCUT2D eigenvalue weighted by molar-refractivity contribution is -0.148. The highest BCUT2D eigenvalue weighted by atomic mass is 33.1. The van der Waals surface area contributed by atoms with Crippen LogP contribution in [0.25, 0.3) is 0 Å². The summed E-state index contributed by atoms with van der Waals surface area (Å²) in [5, 5.41) is 49.8. The van der Waals surface area contributed by atoms with Crippen LogP contribution in [0.3, 0.4) is 0 Å². The first-order chi connectivity index (χ1) is 52.7. The Balaban J connectivity index is 1.37. The van der Waals surface area contributed by atoms with Gasteiger partial charge >= 0.3 is 5.97 Å². The molecule has 5 saturated heterocycles. The van der Waals surface area contributed by atoms with Crippen LogP contribution < -0.4 is 81.4 Å². The van der Waals surface area contributed by atoms with Gasteiger partial charge in [0.15, 0.2) is 5.96 Å². The zero-order chi connectivity index (χ0) is 80.0. The number of aliphatic imine (C=N–C) groups is 1. The van der Waals surface area contributed by atoms with Gasteiger partial charge < -0.3 is 106 Å². The Morgan fingerprint density at radius 1 is 0.491 bits per heavy atom. The summed E-state index contributed by atoms with van der Waals surface area (Å²) in [6.45, 7) is 1.97. The monoisotopic (exact) mass is 1570 g/mol. The van der Waals surface area contributed by atoms with Crippen LogP contribution in [-0.4, -0.2) is 262 Å². The fraction of sp³-hybridized carbons (Fsp3) is 0.611. The summed E-state index contributed by atoms with van der Waals surface area (Å²) >= 11 is 0. The normalized spacial score (nSPS) is 27.1. The van der Waals surface area contributed by atoms with Gasteiger partial charge in [0, 0.05) is 50.5 Å². The quantitative estimate of drug-likeness (QED) is 0.0243. The van der Waals surface area contributed by atoms with Crippen molar-refractivity contribution in [3.05, 3.63) is 71.8 Å². The molecule has 5 heterocycles. The van der Waals surface area contributed by atoms with Crippen molar-refractivity contribution < 1.29 is 82.1 Å². The topological polar surface area (TPSA) is 555 Å². The summed E-state index contributed by atoms with van der Waals surface area (Å²) in [5.41, 5.74) is 24.0. The first-order valence-electron chi connectivity index (χ1n) is 37.6. The molecule has 14 amide bonds. The fourth-order valence-corrected chi connectivity index (χ4v) is 16.0. The van der Waals surface area contributed by atoms with E-state index < -0.39 is 198 Å². The molecule has 0 aromatic heterocycles. The summed E-state index contributed by atoms with van der Waals surface area (Å²) in [6, 6.07) is -2.55. The van der Waals surface area contributed by atoms with Crippen molar-refractivity contribution in [1.82, 2.24) is 73.2 Å². The lowest BCUT2D eigenvalue weighted by Crippen LogP contribution is -2.61. The number of aliphatic hydroxyl groups excluding tert-OH is 1. The Hall–Kier alpha value is -9.66. The number of aliphatic carboxylic acids is 1. The van der Waals surface area contributed by atoms with E-state index in [1.165, 1.54) is 14.7 Å². The highest BCUT2D eigenvalue weighted by molar-refractivity contribution is 8.76. The van der Waals surface area contributed by atoms with E-state index in [9.17, 15) is 58.2 Å². The van der Waals surface area contributed by atoms with Gasteiger partial charge in [0.1, 0.15) is 78.5 Å². The number of carboxylic acid groups (broad SMARTS) is 1. The van der Waals surface area contributed by atoms with Crippen molar-refractivity contribution in [3.8, 4) is 0 Å². The summed E-state index contributed by atoms with van der Waals surface area (Å²) in [4.78, 5) is 228. The van der Waals surface area contributed by atoms with Crippen LogP contribution in [0.15, 0.2) is 65.7 Å². The number of amides is 14. The molecule has 2 bridgehead atoms. The molecular weight excluding hydrogens is 1470 g/mol. The predicted octanol–water partition coefficient (Wildman–Crippen LogP) is -4.36. The van der Waals surface area contributed by atoms with Gasteiger partial charge in [-0.15, -0.1) is 0 Å². The van der Waals surface area contributed by atoms with Crippen LogP contribution in [-0.2, 0) is 84.8 Å². The van der Waals surface area contributed by atoms with Gasteiger partial charge in [-0.3, -0.25) is 76.9 Å². The van der Waals surface area contributed by atoms with Gasteiger partial charge in [-0.1, -0.05) is 103 Å². The molecule has 110 heavy (non-hydrogen) atoms. The summed E-state index contributed by atoms with van der Waals surface area (Å²) < 4.78 is 0. The van der Waals surface area contributed by atoms with Crippen LogP contribution in [0.1, 0.15) is 128 Å². The van der Waals surface area contributed by atoms with E-state index in [2.05, 4.69) is 63.5 Å². The second-order valence-corrected chi connectivity index (χ2v) is 30.6. The largest absolute Gasteiger partial charge is 0.481 e. The summed E-state index contributed by atoms with van der Waals surface area (Å²) in [6.07, 6.45) is 1.14. The lowest BCUT2D eigenvalue weighted by Gasteiger charge is -2.34. The highest BCUT2D eigenvalue weighted by Crippen LogP contribution is 2.29. The number of hydrogen-bond acceptors (Lipinski definition) is 21. The van der Waals surface area contributed by atoms with Crippen molar-refractivity contribution >= 4 is 116 Å². The Labute approximate surface area is 646 Å². The average molecular weight is 1570 g/mol. The molecule has 2 aromatic carbocycles. The zero-order valence-corrected chi connectivity index (χ0v) is 63.7. The number of unbranched alkanes of at least 4 members (excludes halogenated alkanes) is 2. The number of carbonyl (C=O) groups is 15. The highest BCUT2D eigenvalue weighted by Gasteiger charge is 2.46. The molecular formula is C72H107N19O17S2. The van der Waals surface area contributed by atoms with Crippen molar-refractivity contribution in [2.45, 2.75) is 208 Å². The standard InChI is InChI=1S/C72H107N19O17S2/c1-3-41(2)58-68(105)87-52-40-110-109-39-51(86-60(97)44(24-14-30-77-72(75)76)79-56(93)37-78-59(96)48(36-57(94)95)83-66(103)53-25-15-31-89(53)70(107)49(84-65(52)102)35-43-20-8-5-9-21-43)64(101)82-47(34-42-18-6-4-7-19-42)62(99)80-45(22-10-12-28-73)61(98)85-50(38-92)63(100)81-46(23-11-13-29-74)69(106)91-33-17-27-55(91)71(108)90-32-16-26-54(90)67(104)88-58/h4-9,18-21,41,44-55,58,92H,3,10-17,22-40,73-74H2,1-2H3,(H,78,96)(H,79,93)(H,80,99)(H,81,100)(H,82,101)(H,83,103)(H,84,102)(H,85,98)(H,86,97)(H,87,105)(H,88,104)(H,94,95)(H4,75,76,77)/t41-,44-,45-,46-,47-,48-,49-,50-,51-,52-,53-,54-,55-,58-/m0/s1.